The molecule has 2 rings (SSSR count). The number of hydrogen-bond acceptors (Lipinski definition) is 1. The molecule has 4 heteroatoms. The van der Waals surface area contributed by atoms with E-state index in [0.717, 1.165) is 24.1 Å². The van der Waals surface area contributed by atoms with Crippen molar-refractivity contribution in [2.45, 2.75) is 25.8 Å². The second-order valence-corrected chi connectivity index (χ2v) is 4.05. The zero-order valence-electron chi connectivity index (χ0n) is 8.51. The van der Waals surface area contributed by atoms with Crippen molar-refractivity contribution in [3.63, 3.8) is 0 Å². The van der Waals surface area contributed by atoms with E-state index >= 15 is 0 Å². The third-order valence-electron chi connectivity index (χ3n) is 2.54. The van der Waals surface area contributed by atoms with Gasteiger partial charge in [-0.2, -0.15) is 0 Å². The lowest BCUT2D eigenvalue weighted by Crippen LogP contribution is -2.37. The SMILES string of the molecule is CCCC1NC(=O)Nc2c(Cl)cccc21. The number of nitrogens with one attached hydrogen (secondary N) is 2. The summed E-state index contributed by atoms with van der Waals surface area (Å²) in [5.74, 6) is 0. The van der Waals surface area contributed by atoms with Crippen molar-refractivity contribution >= 4 is 23.3 Å². The van der Waals surface area contributed by atoms with Gasteiger partial charge in [-0.1, -0.05) is 37.1 Å². The largest absolute Gasteiger partial charge is 0.331 e. The lowest BCUT2D eigenvalue weighted by atomic mass is 9.99. The molecule has 1 aliphatic rings. The minimum Gasteiger partial charge on any atom is -0.331 e. The van der Waals surface area contributed by atoms with E-state index in [1.54, 1.807) is 6.07 Å². The Balaban J connectivity index is 2.41. The van der Waals surface area contributed by atoms with Crippen LogP contribution < -0.4 is 10.6 Å². The number of halogens is 1. The van der Waals surface area contributed by atoms with Crippen molar-refractivity contribution in [2.24, 2.45) is 0 Å². The highest BCUT2D eigenvalue weighted by Crippen LogP contribution is 2.34. The van der Waals surface area contributed by atoms with Crippen LogP contribution in [0.25, 0.3) is 0 Å². The van der Waals surface area contributed by atoms with Gasteiger partial charge in [0.15, 0.2) is 0 Å². The number of anilines is 1. The zero-order chi connectivity index (χ0) is 10.8. The lowest BCUT2D eigenvalue weighted by Gasteiger charge is -2.27. The van der Waals surface area contributed by atoms with Gasteiger partial charge in [-0.25, -0.2) is 4.79 Å². The van der Waals surface area contributed by atoms with Crippen LogP contribution in [0.3, 0.4) is 0 Å². The molecule has 1 unspecified atom stereocenters. The molecule has 0 fully saturated rings. The monoisotopic (exact) mass is 224 g/mol. The molecule has 1 aliphatic heterocycles. The molecule has 1 aromatic rings. The second kappa shape index (κ2) is 4.11. The summed E-state index contributed by atoms with van der Waals surface area (Å²) < 4.78 is 0. The molecule has 0 saturated carbocycles. The maximum Gasteiger partial charge on any atom is 0.319 e. The smallest absolute Gasteiger partial charge is 0.319 e. The first-order valence-electron chi connectivity index (χ1n) is 5.08. The van der Waals surface area contributed by atoms with E-state index in [1.807, 2.05) is 12.1 Å². The van der Waals surface area contributed by atoms with E-state index < -0.39 is 0 Å². The van der Waals surface area contributed by atoms with Crippen LogP contribution in [-0.2, 0) is 0 Å². The molecular formula is C11H13ClN2O. The van der Waals surface area contributed by atoms with Crippen LogP contribution in [0.2, 0.25) is 5.02 Å². The number of amides is 2. The van der Waals surface area contributed by atoms with Gasteiger partial charge in [0.2, 0.25) is 0 Å². The molecule has 80 valence electrons. The van der Waals surface area contributed by atoms with E-state index in [0.29, 0.717) is 5.02 Å². The van der Waals surface area contributed by atoms with Crippen LogP contribution in [0, 0.1) is 0 Å². The number of benzene rings is 1. The fourth-order valence-electron chi connectivity index (χ4n) is 1.87. The third-order valence-corrected chi connectivity index (χ3v) is 2.86. The fourth-order valence-corrected chi connectivity index (χ4v) is 2.09. The van der Waals surface area contributed by atoms with E-state index in [4.69, 9.17) is 11.6 Å². The quantitative estimate of drug-likeness (QED) is 0.795. The van der Waals surface area contributed by atoms with Gasteiger partial charge in [0.1, 0.15) is 0 Å². The first-order valence-corrected chi connectivity index (χ1v) is 5.46. The van der Waals surface area contributed by atoms with Gasteiger partial charge < -0.3 is 10.6 Å². The number of carbonyl (C=O) groups is 1. The summed E-state index contributed by atoms with van der Waals surface area (Å²) in [7, 11) is 0. The predicted molar refractivity (Wildman–Crippen MR) is 61.3 cm³/mol. The minimum atomic E-state index is -0.172. The van der Waals surface area contributed by atoms with E-state index in [-0.39, 0.29) is 12.1 Å². The van der Waals surface area contributed by atoms with Crippen LogP contribution in [0.15, 0.2) is 18.2 Å². The van der Waals surface area contributed by atoms with Crippen molar-refractivity contribution in [3.05, 3.63) is 28.8 Å². The lowest BCUT2D eigenvalue weighted by molar-refractivity contribution is 0.246. The molecule has 2 N–H and O–H groups in total. The Bertz CT molecular complexity index is 392. The molecule has 0 bridgehead atoms. The van der Waals surface area contributed by atoms with Crippen molar-refractivity contribution < 1.29 is 4.79 Å². The molecule has 3 nitrogen and oxygen atoms in total. The highest BCUT2D eigenvalue weighted by Gasteiger charge is 2.24. The Hall–Kier alpha value is -1.22. The summed E-state index contributed by atoms with van der Waals surface area (Å²) in [5.41, 5.74) is 1.82. The molecular weight excluding hydrogens is 212 g/mol. The molecule has 0 radical (unpaired) electrons. The van der Waals surface area contributed by atoms with Gasteiger partial charge in [-0.3, -0.25) is 0 Å². The van der Waals surface area contributed by atoms with Crippen LogP contribution in [-0.4, -0.2) is 6.03 Å². The van der Waals surface area contributed by atoms with Crippen LogP contribution >= 0.6 is 11.6 Å². The Kier molecular flexibility index (Phi) is 2.82. The van der Waals surface area contributed by atoms with Crippen molar-refractivity contribution in [2.75, 3.05) is 5.32 Å². The van der Waals surface area contributed by atoms with Crippen molar-refractivity contribution in [3.8, 4) is 0 Å². The summed E-state index contributed by atoms with van der Waals surface area (Å²) in [6.45, 7) is 2.10. The van der Waals surface area contributed by atoms with Crippen molar-refractivity contribution in [1.82, 2.24) is 5.32 Å². The third kappa shape index (κ3) is 1.92. The van der Waals surface area contributed by atoms with E-state index in [9.17, 15) is 4.79 Å². The van der Waals surface area contributed by atoms with Crippen molar-refractivity contribution in [1.29, 1.82) is 0 Å². The first kappa shape index (κ1) is 10.3. The summed E-state index contributed by atoms with van der Waals surface area (Å²) >= 11 is 6.03. The highest BCUT2D eigenvalue weighted by atomic mass is 35.5. The van der Waals surface area contributed by atoms with Crippen LogP contribution in [0.5, 0.6) is 0 Å². The maximum absolute atomic E-state index is 11.4. The van der Waals surface area contributed by atoms with Gasteiger partial charge in [-0.15, -0.1) is 0 Å². The van der Waals surface area contributed by atoms with Crippen LogP contribution in [0.1, 0.15) is 31.4 Å². The number of hydrogen-bond donors (Lipinski definition) is 2. The van der Waals surface area contributed by atoms with Crippen LogP contribution in [0.4, 0.5) is 10.5 Å². The molecule has 15 heavy (non-hydrogen) atoms. The first-order chi connectivity index (χ1) is 7.22. The summed E-state index contributed by atoms with van der Waals surface area (Å²) in [6.07, 6.45) is 1.96. The standard InChI is InChI=1S/C11H13ClN2O/c1-2-4-9-7-5-3-6-8(12)10(7)14-11(15)13-9/h3,5-6,9H,2,4H2,1H3,(H2,13,14,15). The molecule has 0 aliphatic carbocycles. The summed E-state index contributed by atoms with van der Waals surface area (Å²) in [4.78, 5) is 11.4. The Morgan fingerprint density at radius 1 is 1.47 bits per heavy atom. The number of rotatable bonds is 2. The number of para-hydroxylation sites is 1. The Morgan fingerprint density at radius 2 is 2.27 bits per heavy atom. The molecule has 0 saturated heterocycles. The Morgan fingerprint density at radius 3 is 3.00 bits per heavy atom. The minimum absolute atomic E-state index is 0.0810. The topological polar surface area (TPSA) is 41.1 Å². The second-order valence-electron chi connectivity index (χ2n) is 3.64. The highest BCUT2D eigenvalue weighted by molar-refractivity contribution is 6.34. The maximum atomic E-state index is 11.4. The molecule has 1 atom stereocenters. The van der Waals surface area contributed by atoms with Gasteiger partial charge in [0, 0.05) is 0 Å². The molecule has 2 amide bonds. The van der Waals surface area contributed by atoms with Gasteiger partial charge in [-0.05, 0) is 18.1 Å². The average molecular weight is 225 g/mol. The summed E-state index contributed by atoms with van der Waals surface area (Å²) in [5, 5.41) is 6.23. The normalized spacial score (nSPS) is 19.1. The summed E-state index contributed by atoms with van der Waals surface area (Å²) in [6, 6.07) is 5.60. The van der Waals surface area contributed by atoms with E-state index in [2.05, 4.69) is 17.6 Å². The zero-order valence-corrected chi connectivity index (χ0v) is 9.27. The number of carbonyl (C=O) groups excluding carboxylic acids is 1. The fraction of sp³-hybridized carbons (Fsp3) is 0.364. The molecule has 1 heterocycles. The van der Waals surface area contributed by atoms with E-state index in [1.165, 1.54) is 0 Å². The number of urea groups is 1. The van der Waals surface area contributed by atoms with Gasteiger partial charge in [0.05, 0.1) is 16.8 Å². The Labute approximate surface area is 93.8 Å². The number of fused-ring (bicyclic) bond motifs is 1. The van der Waals surface area contributed by atoms with Gasteiger partial charge >= 0.3 is 6.03 Å². The van der Waals surface area contributed by atoms with Gasteiger partial charge in [0.25, 0.3) is 0 Å². The molecule has 0 spiro atoms. The molecule has 1 aromatic carbocycles. The molecule has 0 aromatic heterocycles. The predicted octanol–water partition coefficient (Wildman–Crippen LogP) is 3.32. The average Bonchev–Trinajstić information content (AvgIpc) is 2.20.